The van der Waals surface area contributed by atoms with Crippen LogP contribution in [0.3, 0.4) is 0 Å². The summed E-state index contributed by atoms with van der Waals surface area (Å²) >= 11 is 0. The Morgan fingerprint density at radius 3 is 3.11 bits per heavy atom. The van der Waals surface area contributed by atoms with Gasteiger partial charge in [-0.2, -0.15) is 0 Å². The minimum absolute atomic E-state index is 0.169. The zero-order valence-corrected chi connectivity index (χ0v) is 10.6. The van der Waals surface area contributed by atoms with Crippen LogP contribution in [0.25, 0.3) is 0 Å². The molecule has 0 fully saturated rings. The Bertz CT molecular complexity index is 431. The van der Waals surface area contributed by atoms with Crippen molar-refractivity contribution in [2.45, 2.75) is 31.7 Å². The average Bonchev–Trinajstić information content (AvgIpc) is 2.38. The van der Waals surface area contributed by atoms with Gasteiger partial charge >= 0.3 is 5.97 Å². The summed E-state index contributed by atoms with van der Waals surface area (Å²) in [7, 11) is 1.67. The molecule has 0 aromatic heterocycles. The van der Waals surface area contributed by atoms with Gasteiger partial charge in [-0.25, -0.2) is 0 Å². The minimum atomic E-state index is -0.756. The Labute approximate surface area is 107 Å². The molecule has 1 aromatic rings. The number of aliphatic carboxylic acids is 1. The van der Waals surface area contributed by atoms with Crippen LogP contribution in [0.1, 0.15) is 36.4 Å². The molecule has 0 saturated heterocycles. The molecule has 0 aliphatic heterocycles. The standard InChI is InChI=1S/C14H19NO3/c1-18-11-5-6-12-10(9-11)3-2-4-13(12)15-8-7-14(16)17/h5-6,9,13,15H,2-4,7-8H2,1H3,(H,16,17). The van der Waals surface area contributed by atoms with E-state index in [0.717, 1.165) is 25.0 Å². The van der Waals surface area contributed by atoms with Gasteiger partial charge in [0, 0.05) is 12.6 Å². The number of hydrogen-bond donors (Lipinski definition) is 2. The van der Waals surface area contributed by atoms with Gasteiger partial charge in [-0.1, -0.05) is 6.07 Å². The topological polar surface area (TPSA) is 58.6 Å². The molecular formula is C14H19NO3. The van der Waals surface area contributed by atoms with E-state index < -0.39 is 5.97 Å². The van der Waals surface area contributed by atoms with Crippen LogP contribution in [0.5, 0.6) is 5.75 Å². The second-order valence-corrected chi connectivity index (χ2v) is 4.61. The highest BCUT2D eigenvalue weighted by Gasteiger charge is 2.20. The zero-order chi connectivity index (χ0) is 13.0. The van der Waals surface area contributed by atoms with Gasteiger partial charge in [0.15, 0.2) is 0 Å². The van der Waals surface area contributed by atoms with Crippen molar-refractivity contribution in [1.82, 2.24) is 5.32 Å². The molecular weight excluding hydrogens is 230 g/mol. The van der Waals surface area contributed by atoms with Crippen molar-refractivity contribution in [2.24, 2.45) is 0 Å². The summed E-state index contributed by atoms with van der Waals surface area (Å²) in [5.74, 6) is 0.133. The number of carboxylic acid groups (broad SMARTS) is 1. The number of benzene rings is 1. The third kappa shape index (κ3) is 3.01. The second-order valence-electron chi connectivity index (χ2n) is 4.61. The molecule has 98 valence electrons. The molecule has 0 amide bonds. The molecule has 0 radical (unpaired) electrons. The minimum Gasteiger partial charge on any atom is -0.497 e. The number of nitrogens with one attached hydrogen (secondary N) is 1. The van der Waals surface area contributed by atoms with Gasteiger partial charge in [0.05, 0.1) is 13.5 Å². The number of fused-ring (bicyclic) bond motifs is 1. The average molecular weight is 249 g/mol. The van der Waals surface area contributed by atoms with E-state index in [2.05, 4.69) is 17.4 Å². The summed E-state index contributed by atoms with van der Waals surface area (Å²) < 4.78 is 5.23. The molecule has 2 rings (SSSR count). The van der Waals surface area contributed by atoms with E-state index in [-0.39, 0.29) is 12.5 Å². The molecule has 2 N–H and O–H groups in total. The maximum Gasteiger partial charge on any atom is 0.304 e. The molecule has 18 heavy (non-hydrogen) atoms. The summed E-state index contributed by atoms with van der Waals surface area (Å²) in [6.07, 6.45) is 3.44. The van der Waals surface area contributed by atoms with Crippen molar-refractivity contribution < 1.29 is 14.6 Å². The van der Waals surface area contributed by atoms with Crippen molar-refractivity contribution in [3.05, 3.63) is 29.3 Å². The SMILES string of the molecule is COc1ccc2c(c1)CCCC2NCCC(=O)O. The van der Waals surface area contributed by atoms with Gasteiger partial charge in [-0.15, -0.1) is 0 Å². The Hall–Kier alpha value is -1.55. The molecule has 0 saturated carbocycles. The summed E-state index contributed by atoms with van der Waals surface area (Å²) in [5.41, 5.74) is 2.60. The van der Waals surface area contributed by atoms with Gasteiger partial charge in [-0.05, 0) is 42.5 Å². The maximum absolute atomic E-state index is 10.5. The fourth-order valence-electron chi connectivity index (χ4n) is 2.48. The Balaban J connectivity index is 2.05. The third-order valence-corrected chi connectivity index (χ3v) is 3.39. The lowest BCUT2D eigenvalue weighted by Gasteiger charge is -2.26. The van der Waals surface area contributed by atoms with Crippen LogP contribution < -0.4 is 10.1 Å². The molecule has 1 unspecified atom stereocenters. The number of rotatable bonds is 5. The van der Waals surface area contributed by atoms with E-state index in [1.54, 1.807) is 7.11 Å². The van der Waals surface area contributed by atoms with Gasteiger partial charge in [0.2, 0.25) is 0 Å². The van der Waals surface area contributed by atoms with E-state index in [4.69, 9.17) is 9.84 Å². The number of hydrogen-bond acceptors (Lipinski definition) is 3. The first-order valence-electron chi connectivity index (χ1n) is 6.32. The molecule has 0 bridgehead atoms. The molecule has 0 spiro atoms. The third-order valence-electron chi connectivity index (χ3n) is 3.39. The van der Waals surface area contributed by atoms with Crippen molar-refractivity contribution in [2.75, 3.05) is 13.7 Å². The number of aryl methyl sites for hydroxylation is 1. The van der Waals surface area contributed by atoms with Crippen molar-refractivity contribution >= 4 is 5.97 Å². The van der Waals surface area contributed by atoms with Gasteiger partial charge in [0.1, 0.15) is 5.75 Å². The van der Waals surface area contributed by atoms with E-state index >= 15 is 0 Å². The van der Waals surface area contributed by atoms with Crippen molar-refractivity contribution in [1.29, 1.82) is 0 Å². The summed E-state index contributed by atoms with van der Waals surface area (Å²) in [5, 5.41) is 12.0. The summed E-state index contributed by atoms with van der Waals surface area (Å²) in [4.78, 5) is 10.5. The summed E-state index contributed by atoms with van der Waals surface area (Å²) in [6, 6.07) is 6.42. The Morgan fingerprint density at radius 2 is 2.39 bits per heavy atom. The van der Waals surface area contributed by atoms with E-state index in [9.17, 15) is 4.79 Å². The van der Waals surface area contributed by atoms with E-state index in [0.29, 0.717) is 6.54 Å². The first-order valence-corrected chi connectivity index (χ1v) is 6.32. The molecule has 0 heterocycles. The van der Waals surface area contributed by atoms with Gasteiger partial charge in [-0.3, -0.25) is 4.79 Å². The maximum atomic E-state index is 10.5. The predicted octanol–water partition coefficient (Wildman–Crippen LogP) is 2.14. The second kappa shape index (κ2) is 5.87. The van der Waals surface area contributed by atoms with Crippen LogP contribution in [-0.2, 0) is 11.2 Å². The van der Waals surface area contributed by atoms with Crippen LogP contribution in [-0.4, -0.2) is 24.7 Å². The predicted molar refractivity (Wildman–Crippen MR) is 68.9 cm³/mol. The molecule has 1 aromatic carbocycles. The highest BCUT2D eigenvalue weighted by molar-refractivity contribution is 5.66. The number of carbonyl (C=O) groups is 1. The monoisotopic (exact) mass is 249 g/mol. The lowest BCUT2D eigenvalue weighted by atomic mass is 9.87. The largest absolute Gasteiger partial charge is 0.497 e. The van der Waals surface area contributed by atoms with E-state index in [1.807, 2.05) is 6.07 Å². The smallest absolute Gasteiger partial charge is 0.304 e. The fraction of sp³-hybridized carbons (Fsp3) is 0.500. The highest BCUT2D eigenvalue weighted by Crippen LogP contribution is 2.31. The molecule has 1 aliphatic carbocycles. The number of methoxy groups -OCH3 is 1. The first kappa shape index (κ1) is 12.9. The van der Waals surface area contributed by atoms with E-state index in [1.165, 1.54) is 11.1 Å². The lowest BCUT2D eigenvalue weighted by Crippen LogP contribution is -2.27. The van der Waals surface area contributed by atoms with Crippen LogP contribution >= 0.6 is 0 Å². The number of carboxylic acids is 1. The Morgan fingerprint density at radius 1 is 1.56 bits per heavy atom. The first-order chi connectivity index (χ1) is 8.70. The van der Waals surface area contributed by atoms with Crippen molar-refractivity contribution in [3.63, 3.8) is 0 Å². The molecule has 1 atom stereocenters. The zero-order valence-electron chi connectivity index (χ0n) is 10.6. The number of ether oxygens (including phenoxy) is 1. The lowest BCUT2D eigenvalue weighted by molar-refractivity contribution is -0.136. The van der Waals surface area contributed by atoms with Crippen LogP contribution in [0.4, 0.5) is 0 Å². The van der Waals surface area contributed by atoms with Gasteiger partial charge < -0.3 is 15.2 Å². The highest BCUT2D eigenvalue weighted by atomic mass is 16.5. The molecule has 4 nitrogen and oxygen atoms in total. The summed E-state index contributed by atoms with van der Waals surface area (Å²) in [6.45, 7) is 0.519. The van der Waals surface area contributed by atoms with Crippen LogP contribution in [0, 0.1) is 0 Å². The van der Waals surface area contributed by atoms with Gasteiger partial charge in [0.25, 0.3) is 0 Å². The van der Waals surface area contributed by atoms with Crippen molar-refractivity contribution in [3.8, 4) is 5.75 Å². The molecule has 4 heteroatoms. The fourth-order valence-corrected chi connectivity index (χ4v) is 2.48. The molecule has 1 aliphatic rings. The van der Waals surface area contributed by atoms with Crippen LogP contribution in [0.15, 0.2) is 18.2 Å². The van der Waals surface area contributed by atoms with Crippen LogP contribution in [0.2, 0.25) is 0 Å². The Kier molecular flexibility index (Phi) is 4.20. The normalized spacial score (nSPS) is 18.2. The quantitative estimate of drug-likeness (QED) is 0.839.